The van der Waals surface area contributed by atoms with Crippen molar-refractivity contribution in [1.29, 1.82) is 0 Å². The van der Waals surface area contributed by atoms with Crippen LogP contribution < -0.4 is 0 Å². The second kappa shape index (κ2) is 14.6. The van der Waals surface area contributed by atoms with Crippen molar-refractivity contribution in [3.05, 3.63) is 24.0 Å². The molecule has 0 saturated carbocycles. The SMILES string of the molecule is CCCCCCC.CCCc1ccc[nH]1.Cl. The van der Waals surface area contributed by atoms with Gasteiger partial charge in [0.05, 0.1) is 0 Å². The van der Waals surface area contributed by atoms with Crippen LogP contribution in [0.1, 0.15) is 65.0 Å². The summed E-state index contributed by atoms with van der Waals surface area (Å²) in [6.45, 7) is 6.67. The van der Waals surface area contributed by atoms with Gasteiger partial charge in [0.15, 0.2) is 0 Å². The Morgan fingerprint density at radius 2 is 1.56 bits per heavy atom. The quantitative estimate of drug-likeness (QED) is 0.649. The number of rotatable bonds is 6. The summed E-state index contributed by atoms with van der Waals surface area (Å²) in [7, 11) is 0. The Labute approximate surface area is 107 Å². The molecule has 0 aliphatic heterocycles. The van der Waals surface area contributed by atoms with E-state index >= 15 is 0 Å². The fourth-order valence-electron chi connectivity index (χ4n) is 1.47. The maximum Gasteiger partial charge on any atom is 0.0147 e. The van der Waals surface area contributed by atoms with Crippen LogP contribution in [0.4, 0.5) is 0 Å². The molecule has 2 heteroatoms. The lowest BCUT2D eigenvalue weighted by molar-refractivity contribution is 0.656. The summed E-state index contributed by atoms with van der Waals surface area (Å²) in [6, 6.07) is 4.15. The second-order valence-electron chi connectivity index (χ2n) is 4.01. The molecule has 1 rings (SSSR count). The lowest BCUT2D eigenvalue weighted by Crippen LogP contribution is -1.78. The summed E-state index contributed by atoms with van der Waals surface area (Å²) in [5.41, 5.74) is 1.34. The van der Waals surface area contributed by atoms with E-state index in [4.69, 9.17) is 0 Å². The molecule has 0 bridgehead atoms. The molecule has 1 aromatic rings. The monoisotopic (exact) mass is 245 g/mol. The van der Waals surface area contributed by atoms with E-state index < -0.39 is 0 Å². The summed E-state index contributed by atoms with van der Waals surface area (Å²) in [4.78, 5) is 3.14. The number of halogens is 1. The number of nitrogens with one attached hydrogen (secondary N) is 1. The van der Waals surface area contributed by atoms with Crippen molar-refractivity contribution in [2.75, 3.05) is 0 Å². The van der Waals surface area contributed by atoms with Gasteiger partial charge in [-0.3, -0.25) is 0 Å². The molecule has 0 radical (unpaired) electrons. The standard InChI is InChI=1S/C7H11N.C7H16.ClH/c1-2-4-7-5-3-6-8-7;1-3-5-7-6-4-2;/h3,5-6,8H,2,4H2,1H3;3-7H2,1-2H3;1H. The number of aromatic nitrogens is 1. The number of H-pyrrole nitrogens is 1. The van der Waals surface area contributed by atoms with Gasteiger partial charge >= 0.3 is 0 Å². The number of unbranched alkanes of at least 4 members (excludes halogenated alkanes) is 4. The first-order valence-corrected chi connectivity index (χ1v) is 6.47. The molecule has 1 aromatic heterocycles. The largest absolute Gasteiger partial charge is 0.365 e. The predicted octanol–water partition coefficient (Wildman–Crippen LogP) is 5.37. The Kier molecular flexibility index (Phi) is 16.3. The highest BCUT2D eigenvalue weighted by Crippen LogP contribution is 2.00. The molecule has 0 aromatic carbocycles. The molecule has 0 spiro atoms. The Morgan fingerprint density at radius 3 is 1.94 bits per heavy atom. The van der Waals surface area contributed by atoms with E-state index in [-0.39, 0.29) is 12.4 Å². The van der Waals surface area contributed by atoms with E-state index in [1.165, 1.54) is 50.6 Å². The number of hydrogen-bond acceptors (Lipinski definition) is 0. The van der Waals surface area contributed by atoms with E-state index in [0.29, 0.717) is 0 Å². The zero-order valence-electron chi connectivity index (χ0n) is 11.1. The molecule has 0 saturated heterocycles. The minimum atomic E-state index is 0. The highest BCUT2D eigenvalue weighted by Gasteiger charge is 1.85. The van der Waals surface area contributed by atoms with Gasteiger partial charge in [0.25, 0.3) is 0 Å². The molecule has 0 amide bonds. The molecule has 0 aliphatic rings. The van der Waals surface area contributed by atoms with Crippen molar-refractivity contribution in [3.8, 4) is 0 Å². The average Bonchev–Trinajstić information content (AvgIpc) is 2.73. The molecule has 1 nitrogen and oxygen atoms in total. The molecule has 0 atom stereocenters. The summed E-state index contributed by atoms with van der Waals surface area (Å²) in [5.74, 6) is 0. The van der Waals surface area contributed by atoms with Gasteiger partial charge in [-0.1, -0.05) is 59.3 Å². The van der Waals surface area contributed by atoms with Crippen molar-refractivity contribution < 1.29 is 0 Å². The third-order valence-electron chi connectivity index (χ3n) is 2.39. The molecule has 0 aliphatic carbocycles. The number of aryl methyl sites for hydroxylation is 1. The van der Waals surface area contributed by atoms with Crippen LogP contribution in [-0.4, -0.2) is 4.98 Å². The zero-order chi connectivity index (χ0) is 11.4. The van der Waals surface area contributed by atoms with E-state index in [0.717, 1.165) is 0 Å². The van der Waals surface area contributed by atoms with Crippen molar-refractivity contribution >= 4 is 12.4 Å². The Balaban J connectivity index is 0. The van der Waals surface area contributed by atoms with Crippen LogP contribution in [0.5, 0.6) is 0 Å². The number of hydrogen-bond donors (Lipinski definition) is 1. The maximum atomic E-state index is 3.14. The van der Waals surface area contributed by atoms with Crippen LogP contribution in [-0.2, 0) is 6.42 Å². The molecule has 1 N–H and O–H groups in total. The molecular formula is C14H28ClN. The third-order valence-corrected chi connectivity index (χ3v) is 2.39. The van der Waals surface area contributed by atoms with Gasteiger partial charge in [-0.05, 0) is 18.6 Å². The molecule has 96 valence electrons. The first-order chi connectivity index (χ1) is 7.35. The molecule has 0 unspecified atom stereocenters. The second-order valence-corrected chi connectivity index (χ2v) is 4.01. The molecule has 1 heterocycles. The van der Waals surface area contributed by atoms with Crippen LogP contribution in [0.3, 0.4) is 0 Å². The van der Waals surface area contributed by atoms with Crippen LogP contribution >= 0.6 is 12.4 Å². The predicted molar refractivity (Wildman–Crippen MR) is 76.5 cm³/mol. The van der Waals surface area contributed by atoms with Crippen LogP contribution in [0, 0.1) is 0 Å². The van der Waals surface area contributed by atoms with E-state index in [9.17, 15) is 0 Å². The average molecular weight is 246 g/mol. The summed E-state index contributed by atoms with van der Waals surface area (Å²) in [5, 5.41) is 0. The summed E-state index contributed by atoms with van der Waals surface area (Å²) < 4.78 is 0. The van der Waals surface area contributed by atoms with Crippen LogP contribution in [0.15, 0.2) is 18.3 Å². The van der Waals surface area contributed by atoms with Crippen LogP contribution in [0.2, 0.25) is 0 Å². The number of aromatic amines is 1. The van der Waals surface area contributed by atoms with Gasteiger partial charge in [0, 0.05) is 11.9 Å². The third kappa shape index (κ3) is 11.6. The first kappa shape index (κ1) is 17.9. The molecule has 16 heavy (non-hydrogen) atoms. The Morgan fingerprint density at radius 1 is 0.938 bits per heavy atom. The summed E-state index contributed by atoms with van der Waals surface area (Å²) in [6.07, 6.45) is 11.4. The summed E-state index contributed by atoms with van der Waals surface area (Å²) >= 11 is 0. The Bertz CT molecular complexity index is 191. The first-order valence-electron chi connectivity index (χ1n) is 6.47. The van der Waals surface area contributed by atoms with E-state index in [1.54, 1.807) is 0 Å². The van der Waals surface area contributed by atoms with Crippen molar-refractivity contribution in [2.45, 2.75) is 65.7 Å². The molecule has 0 fully saturated rings. The highest BCUT2D eigenvalue weighted by atomic mass is 35.5. The van der Waals surface area contributed by atoms with Crippen molar-refractivity contribution in [1.82, 2.24) is 4.98 Å². The fraction of sp³-hybridized carbons (Fsp3) is 0.714. The van der Waals surface area contributed by atoms with Gasteiger partial charge in [-0.2, -0.15) is 0 Å². The smallest absolute Gasteiger partial charge is 0.0147 e. The van der Waals surface area contributed by atoms with E-state index in [2.05, 4.69) is 31.8 Å². The topological polar surface area (TPSA) is 15.8 Å². The van der Waals surface area contributed by atoms with Crippen LogP contribution in [0.25, 0.3) is 0 Å². The fourth-order valence-corrected chi connectivity index (χ4v) is 1.47. The van der Waals surface area contributed by atoms with Crippen molar-refractivity contribution in [2.24, 2.45) is 0 Å². The van der Waals surface area contributed by atoms with Gasteiger partial charge in [-0.15, -0.1) is 12.4 Å². The lowest BCUT2D eigenvalue weighted by atomic mass is 10.2. The van der Waals surface area contributed by atoms with Gasteiger partial charge < -0.3 is 4.98 Å². The minimum absolute atomic E-state index is 0. The maximum absolute atomic E-state index is 3.14. The highest BCUT2D eigenvalue weighted by molar-refractivity contribution is 5.85. The van der Waals surface area contributed by atoms with Gasteiger partial charge in [0.1, 0.15) is 0 Å². The van der Waals surface area contributed by atoms with Crippen molar-refractivity contribution in [3.63, 3.8) is 0 Å². The van der Waals surface area contributed by atoms with Gasteiger partial charge in [-0.25, -0.2) is 0 Å². The van der Waals surface area contributed by atoms with Gasteiger partial charge in [0.2, 0.25) is 0 Å². The molecular weight excluding hydrogens is 218 g/mol. The lowest BCUT2D eigenvalue weighted by Gasteiger charge is -1.90. The normalized spacial score (nSPS) is 8.94. The zero-order valence-corrected chi connectivity index (χ0v) is 11.9. The van der Waals surface area contributed by atoms with E-state index in [1.807, 2.05) is 12.3 Å². The Hall–Kier alpha value is -0.430. The minimum Gasteiger partial charge on any atom is -0.365 e.